The summed E-state index contributed by atoms with van der Waals surface area (Å²) < 4.78 is 40.9. The van der Waals surface area contributed by atoms with Crippen LogP contribution in [0.5, 0.6) is 0 Å². The van der Waals surface area contributed by atoms with Crippen molar-refractivity contribution < 1.29 is 22.4 Å². The number of halogens is 1. The Balaban J connectivity index is 1.73. The van der Waals surface area contributed by atoms with Crippen LogP contribution in [0.3, 0.4) is 0 Å². The van der Waals surface area contributed by atoms with E-state index in [9.17, 15) is 22.4 Å². The monoisotopic (exact) mass is 593 g/mol. The summed E-state index contributed by atoms with van der Waals surface area (Å²) in [5.41, 5.74) is 3.59. The van der Waals surface area contributed by atoms with Crippen molar-refractivity contribution in [3.05, 3.63) is 101 Å². The molecule has 0 aromatic heterocycles. The van der Waals surface area contributed by atoms with Gasteiger partial charge in [0, 0.05) is 19.0 Å². The number of rotatable bonds is 11. The molecule has 224 valence electrons. The van der Waals surface area contributed by atoms with E-state index in [1.807, 2.05) is 43.3 Å². The topological polar surface area (TPSA) is 86.8 Å². The molecular weight excluding hydrogens is 553 g/mol. The first-order chi connectivity index (χ1) is 20.0. The molecule has 4 rings (SSSR count). The van der Waals surface area contributed by atoms with E-state index in [-0.39, 0.29) is 24.9 Å². The van der Waals surface area contributed by atoms with Crippen molar-refractivity contribution in [1.82, 2.24) is 10.2 Å². The maximum Gasteiger partial charge on any atom is 0.244 e. The first kappa shape index (κ1) is 31.2. The molecule has 7 nitrogen and oxygen atoms in total. The van der Waals surface area contributed by atoms with Gasteiger partial charge in [-0.05, 0) is 61.6 Å². The molecule has 0 radical (unpaired) electrons. The molecule has 1 atom stereocenters. The molecule has 0 spiro atoms. The zero-order valence-corrected chi connectivity index (χ0v) is 25.4. The molecule has 0 bridgehead atoms. The number of nitrogens with zero attached hydrogens (tertiary/aromatic N) is 2. The summed E-state index contributed by atoms with van der Waals surface area (Å²) in [7, 11) is -3.85. The van der Waals surface area contributed by atoms with Gasteiger partial charge in [0.25, 0.3) is 0 Å². The van der Waals surface area contributed by atoms with Crippen molar-refractivity contribution in [2.24, 2.45) is 0 Å². The molecule has 1 aliphatic carbocycles. The zero-order chi connectivity index (χ0) is 30.3. The SMILES string of the molecule is Cc1ccc(N(CC(=O)N(Cc2ccc(F)cc2)C(Cc2ccccc2)C(=O)NC2CCCCC2)S(C)(=O)=O)c(C)c1. The van der Waals surface area contributed by atoms with Crippen LogP contribution in [-0.2, 0) is 32.6 Å². The van der Waals surface area contributed by atoms with Crippen LogP contribution in [0.2, 0.25) is 0 Å². The molecule has 9 heteroatoms. The Labute approximate surface area is 248 Å². The van der Waals surface area contributed by atoms with E-state index in [0.717, 1.165) is 53.8 Å². The molecule has 1 saturated carbocycles. The van der Waals surface area contributed by atoms with E-state index < -0.39 is 34.3 Å². The van der Waals surface area contributed by atoms with Gasteiger partial charge in [0.05, 0.1) is 11.9 Å². The third-order valence-corrected chi connectivity index (χ3v) is 8.92. The molecule has 3 aromatic carbocycles. The summed E-state index contributed by atoms with van der Waals surface area (Å²) in [6.07, 6.45) is 6.27. The second kappa shape index (κ2) is 14.0. The lowest BCUT2D eigenvalue weighted by Gasteiger charge is -2.35. The molecule has 1 unspecified atom stereocenters. The molecular formula is C33H40FN3O4S. The highest BCUT2D eigenvalue weighted by atomic mass is 32.2. The summed E-state index contributed by atoms with van der Waals surface area (Å²) in [4.78, 5) is 29.6. The Morgan fingerprint density at radius 1 is 0.929 bits per heavy atom. The van der Waals surface area contributed by atoms with Crippen LogP contribution in [0, 0.1) is 19.7 Å². The van der Waals surface area contributed by atoms with E-state index in [1.54, 1.807) is 31.2 Å². The van der Waals surface area contributed by atoms with Gasteiger partial charge in [-0.3, -0.25) is 13.9 Å². The number of hydrogen-bond acceptors (Lipinski definition) is 4. The fourth-order valence-electron chi connectivity index (χ4n) is 5.56. The molecule has 3 aromatic rings. The highest BCUT2D eigenvalue weighted by molar-refractivity contribution is 7.92. The Kier molecular flexibility index (Phi) is 10.4. The van der Waals surface area contributed by atoms with Crippen LogP contribution in [0.1, 0.15) is 54.4 Å². The van der Waals surface area contributed by atoms with Crippen LogP contribution in [-0.4, -0.2) is 50.0 Å². The van der Waals surface area contributed by atoms with Crippen molar-refractivity contribution in [1.29, 1.82) is 0 Å². The smallest absolute Gasteiger partial charge is 0.244 e. The van der Waals surface area contributed by atoms with Gasteiger partial charge in [-0.2, -0.15) is 0 Å². The normalized spacial score (nSPS) is 14.7. The first-order valence-corrected chi connectivity index (χ1v) is 16.3. The standard InChI is InChI=1S/C33H40FN3O4S/c1-24-14-19-30(25(2)20-24)37(42(3,40)41)23-32(38)36(22-27-15-17-28(34)18-16-27)31(21-26-10-6-4-7-11-26)33(39)35-29-12-8-5-9-13-29/h4,6-7,10-11,14-20,29,31H,5,8-9,12-13,21-23H2,1-3H3,(H,35,39). The van der Waals surface area contributed by atoms with Gasteiger partial charge < -0.3 is 10.2 Å². The minimum atomic E-state index is -3.85. The van der Waals surface area contributed by atoms with Gasteiger partial charge in [-0.15, -0.1) is 0 Å². The number of carbonyl (C=O) groups is 2. The van der Waals surface area contributed by atoms with Crippen LogP contribution < -0.4 is 9.62 Å². The fourth-order valence-corrected chi connectivity index (χ4v) is 6.47. The minimum Gasteiger partial charge on any atom is -0.352 e. The van der Waals surface area contributed by atoms with Crippen molar-refractivity contribution in [3.63, 3.8) is 0 Å². The Bertz CT molecular complexity index is 1470. The second-order valence-electron chi connectivity index (χ2n) is 11.3. The summed E-state index contributed by atoms with van der Waals surface area (Å²) in [6, 6.07) is 19.7. The third kappa shape index (κ3) is 8.41. The molecule has 1 aliphatic rings. The van der Waals surface area contributed by atoms with Crippen molar-refractivity contribution in [3.8, 4) is 0 Å². The summed E-state index contributed by atoms with van der Waals surface area (Å²) in [5.74, 6) is -1.21. The molecule has 42 heavy (non-hydrogen) atoms. The maximum absolute atomic E-state index is 14.2. The lowest BCUT2D eigenvalue weighted by atomic mass is 9.94. The molecule has 2 amide bonds. The number of amides is 2. The van der Waals surface area contributed by atoms with Crippen molar-refractivity contribution in [2.75, 3.05) is 17.1 Å². The molecule has 1 fully saturated rings. The zero-order valence-electron chi connectivity index (χ0n) is 24.6. The van der Waals surface area contributed by atoms with Crippen molar-refractivity contribution >= 4 is 27.5 Å². The number of aryl methyl sites for hydroxylation is 2. The van der Waals surface area contributed by atoms with E-state index in [1.165, 1.54) is 17.0 Å². The summed E-state index contributed by atoms with van der Waals surface area (Å²) in [6.45, 7) is 3.25. The number of anilines is 1. The van der Waals surface area contributed by atoms with Crippen LogP contribution >= 0.6 is 0 Å². The number of carbonyl (C=O) groups excluding carboxylic acids is 2. The van der Waals surface area contributed by atoms with Gasteiger partial charge >= 0.3 is 0 Å². The lowest BCUT2D eigenvalue weighted by molar-refractivity contribution is -0.140. The quantitative estimate of drug-likeness (QED) is 0.327. The Morgan fingerprint density at radius 3 is 2.21 bits per heavy atom. The number of hydrogen-bond donors (Lipinski definition) is 1. The highest BCUT2D eigenvalue weighted by Crippen LogP contribution is 2.25. The Morgan fingerprint density at radius 2 is 1.60 bits per heavy atom. The van der Waals surface area contributed by atoms with Gasteiger partial charge in [0.1, 0.15) is 18.4 Å². The molecule has 0 saturated heterocycles. The molecule has 1 N–H and O–H groups in total. The van der Waals surface area contributed by atoms with Gasteiger partial charge in [-0.25, -0.2) is 12.8 Å². The maximum atomic E-state index is 14.2. The average Bonchev–Trinajstić information content (AvgIpc) is 2.95. The molecule has 0 heterocycles. The summed E-state index contributed by atoms with van der Waals surface area (Å²) in [5, 5.41) is 3.18. The fraction of sp³-hybridized carbons (Fsp3) is 0.394. The first-order valence-electron chi connectivity index (χ1n) is 14.4. The third-order valence-electron chi connectivity index (χ3n) is 7.79. The second-order valence-corrected chi connectivity index (χ2v) is 13.2. The Hall–Kier alpha value is -3.72. The minimum absolute atomic E-state index is 0.0131. The van der Waals surface area contributed by atoms with E-state index in [2.05, 4.69) is 5.32 Å². The van der Waals surface area contributed by atoms with Crippen LogP contribution in [0.15, 0.2) is 72.8 Å². The predicted octanol–water partition coefficient (Wildman–Crippen LogP) is 5.30. The van der Waals surface area contributed by atoms with Gasteiger partial charge in [0.15, 0.2) is 0 Å². The van der Waals surface area contributed by atoms with Crippen molar-refractivity contribution in [2.45, 2.75) is 71.0 Å². The number of sulfonamides is 1. The number of nitrogens with one attached hydrogen (secondary N) is 1. The largest absolute Gasteiger partial charge is 0.352 e. The van der Waals surface area contributed by atoms with Crippen LogP contribution in [0.4, 0.5) is 10.1 Å². The predicted molar refractivity (Wildman–Crippen MR) is 164 cm³/mol. The van der Waals surface area contributed by atoms with E-state index in [0.29, 0.717) is 16.8 Å². The number of benzene rings is 3. The molecule has 0 aliphatic heterocycles. The average molecular weight is 594 g/mol. The van der Waals surface area contributed by atoms with E-state index in [4.69, 9.17) is 0 Å². The van der Waals surface area contributed by atoms with Gasteiger partial charge in [-0.1, -0.05) is 79.4 Å². The van der Waals surface area contributed by atoms with Gasteiger partial charge in [0.2, 0.25) is 21.8 Å². The summed E-state index contributed by atoms with van der Waals surface area (Å²) >= 11 is 0. The highest BCUT2D eigenvalue weighted by Gasteiger charge is 2.34. The van der Waals surface area contributed by atoms with Crippen LogP contribution in [0.25, 0.3) is 0 Å². The lowest BCUT2D eigenvalue weighted by Crippen LogP contribution is -2.55. The van der Waals surface area contributed by atoms with E-state index >= 15 is 0 Å².